The lowest BCUT2D eigenvalue weighted by atomic mass is 10.2. The highest BCUT2D eigenvalue weighted by Gasteiger charge is 2.48. The molecule has 0 aromatic heterocycles. The number of likely N-dealkylation sites (tertiary alicyclic amines) is 1. The summed E-state index contributed by atoms with van der Waals surface area (Å²) in [7, 11) is 1.32. The number of hydrogen-bond donors (Lipinski definition) is 0. The Morgan fingerprint density at radius 2 is 1.63 bits per heavy atom. The normalized spacial score (nSPS) is 22.3. The molecule has 2 aromatic rings. The van der Waals surface area contributed by atoms with Crippen molar-refractivity contribution in [1.29, 1.82) is 0 Å². The van der Waals surface area contributed by atoms with Crippen LogP contribution in [0.2, 0.25) is 0 Å². The van der Waals surface area contributed by atoms with Gasteiger partial charge in [-0.1, -0.05) is 72.5 Å². The summed E-state index contributed by atoms with van der Waals surface area (Å²) in [6, 6.07) is 16.7. The third-order valence-corrected chi connectivity index (χ3v) is 11.8. The van der Waals surface area contributed by atoms with Crippen molar-refractivity contribution in [2.24, 2.45) is 4.99 Å². The van der Waals surface area contributed by atoms with Gasteiger partial charge in [0.2, 0.25) is 5.90 Å². The van der Waals surface area contributed by atoms with Crippen molar-refractivity contribution in [2.45, 2.75) is 50.5 Å². The molecule has 0 unspecified atom stereocenters. The molecule has 1 amide bonds. The molecule has 0 aliphatic carbocycles. The summed E-state index contributed by atoms with van der Waals surface area (Å²) in [6.45, 7) is 6.01. The van der Waals surface area contributed by atoms with Crippen LogP contribution in [0.4, 0.5) is 4.79 Å². The van der Waals surface area contributed by atoms with Crippen molar-refractivity contribution in [2.75, 3.05) is 20.3 Å². The lowest BCUT2D eigenvalue weighted by Gasteiger charge is -2.30. The molecule has 3 atom stereocenters. The summed E-state index contributed by atoms with van der Waals surface area (Å²) in [5.74, 6) is -0.103. The van der Waals surface area contributed by atoms with Gasteiger partial charge >= 0.3 is 12.1 Å². The van der Waals surface area contributed by atoms with Gasteiger partial charge in [0.05, 0.1) is 7.11 Å². The summed E-state index contributed by atoms with van der Waals surface area (Å²) < 4.78 is 16.4. The van der Waals surface area contributed by atoms with E-state index in [2.05, 4.69) is 29.3 Å². The van der Waals surface area contributed by atoms with Crippen LogP contribution in [0.5, 0.6) is 0 Å². The quantitative estimate of drug-likeness (QED) is 0.449. The number of amides is 1. The minimum absolute atomic E-state index is 0.0247. The third-order valence-electron chi connectivity index (χ3n) is 6.13. The summed E-state index contributed by atoms with van der Waals surface area (Å²) in [4.78, 5) is 31.5. The number of carbonyl (C=O) groups is 2. The zero-order valence-electron chi connectivity index (χ0n) is 20.4. The predicted molar refractivity (Wildman–Crippen MR) is 141 cm³/mol. The molecule has 0 radical (unpaired) electrons. The summed E-state index contributed by atoms with van der Waals surface area (Å²) in [6.07, 6.45) is 0.119. The summed E-state index contributed by atoms with van der Waals surface area (Å²) in [5.41, 5.74) is -0.686. The van der Waals surface area contributed by atoms with Gasteiger partial charge in [-0.2, -0.15) is 0 Å². The van der Waals surface area contributed by atoms with Gasteiger partial charge in [-0.15, -0.1) is 0 Å². The Bertz CT molecular complexity index is 1110. The number of benzene rings is 2. The number of carbonyl (C=O) groups excluding carboxylic acids is 2. The average molecular weight is 515 g/mol. The van der Waals surface area contributed by atoms with Crippen LogP contribution in [0, 0.1) is 0 Å². The van der Waals surface area contributed by atoms with E-state index in [4.69, 9.17) is 26.0 Å². The maximum absolute atomic E-state index is 13.3. The second kappa shape index (κ2) is 10.1. The SMILES string of the molecule is COC(=O)[C@@H]1COC([C@@H]2C[C@H](P(=S)(c3ccccc3)c3ccccc3)CN2C(=O)OC(C)(C)C)=N1. The van der Waals surface area contributed by atoms with Crippen molar-refractivity contribution in [1.82, 2.24) is 4.90 Å². The van der Waals surface area contributed by atoms with Crippen molar-refractivity contribution < 1.29 is 23.8 Å². The van der Waals surface area contributed by atoms with Crippen molar-refractivity contribution in [3.05, 3.63) is 60.7 Å². The molecule has 4 rings (SSSR count). The number of ether oxygens (including phenoxy) is 3. The highest BCUT2D eigenvalue weighted by atomic mass is 32.4. The van der Waals surface area contributed by atoms with Crippen LogP contribution < -0.4 is 10.6 Å². The van der Waals surface area contributed by atoms with Crippen LogP contribution in [0.25, 0.3) is 0 Å². The molecule has 0 N–H and O–H groups in total. The minimum Gasteiger partial charge on any atom is -0.477 e. The van der Waals surface area contributed by atoms with Crippen molar-refractivity contribution in [3.8, 4) is 0 Å². The Balaban J connectivity index is 1.75. The molecule has 2 heterocycles. The maximum atomic E-state index is 13.3. The molecule has 2 aromatic carbocycles. The highest BCUT2D eigenvalue weighted by molar-refractivity contribution is 8.22. The Morgan fingerprint density at radius 3 is 2.14 bits per heavy atom. The van der Waals surface area contributed by atoms with Crippen LogP contribution in [0.15, 0.2) is 65.7 Å². The Kier molecular flexibility index (Phi) is 7.34. The van der Waals surface area contributed by atoms with E-state index < -0.39 is 35.8 Å². The Hall–Kier alpha value is -2.70. The predicted octanol–water partition coefficient (Wildman–Crippen LogP) is 3.47. The van der Waals surface area contributed by atoms with Crippen LogP contribution in [-0.2, 0) is 30.8 Å². The average Bonchev–Trinajstić information content (AvgIpc) is 3.51. The lowest BCUT2D eigenvalue weighted by Crippen LogP contribution is -2.43. The van der Waals surface area contributed by atoms with E-state index in [9.17, 15) is 9.59 Å². The molecule has 1 saturated heterocycles. The van der Waals surface area contributed by atoms with E-state index in [1.165, 1.54) is 7.11 Å². The molecule has 0 bridgehead atoms. The molecule has 2 aliphatic rings. The first-order valence-corrected chi connectivity index (χ1v) is 14.5. The topological polar surface area (TPSA) is 77.4 Å². The number of esters is 1. The molecule has 7 nitrogen and oxygen atoms in total. The number of hydrogen-bond acceptors (Lipinski definition) is 7. The minimum atomic E-state index is -2.34. The van der Waals surface area contributed by atoms with Gasteiger partial charge in [-0.05, 0) is 37.8 Å². The van der Waals surface area contributed by atoms with Gasteiger partial charge in [-0.3, -0.25) is 4.90 Å². The molecule has 35 heavy (non-hydrogen) atoms. The molecule has 2 aliphatic heterocycles. The fourth-order valence-corrected chi connectivity index (χ4v) is 9.00. The fraction of sp³-hybridized carbons (Fsp3) is 0.423. The Labute approximate surface area is 211 Å². The Morgan fingerprint density at radius 1 is 1.06 bits per heavy atom. The molecule has 9 heteroatoms. The van der Waals surface area contributed by atoms with Crippen LogP contribution in [0.1, 0.15) is 27.2 Å². The van der Waals surface area contributed by atoms with Gasteiger partial charge in [0, 0.05) is 18.2 Å². The van der Waals surface area contributed by atoms with Crippen molar-refractivity contribution in [3.63, 3.8) is 0 Å². The number of nitrogens with zero attached hydrogens (tertiary/aromatic N) is 2. The molecule has 0 saturated carbocycles. The zero-order valence-corrected chi connectivity index (χ0v) is 22.1. The second-order valence-electron chi connectivity index (χ2n) is 9.68. The largest absolute Gasteiger partial charge is 0.477 e. The van der Waals surface area contributed by atoms with E-state index in [0.29, 0.717) is 18.9 Å². The molecule has 0 spiro atoms. The van der Waals surface area contributed by atoms with Gasteiger partial charge in [0.25, 0.3) is 0 Å². The lowest BCUT2D eigenvalue weighted by molar-refractivity contribution is -0.142. The standard InChI is InChI=1S/C26H31N2O5PS/c1-26(2,3)33-25(30)28-16-20(15-22(28)23-27-21(17-32-23)24(29)31-4)34(35,18-11-7-5-8-12-18)19-13-9-6-10-14-19/h5-14,20-22H,15-17H2,1-4H3/t20-,21-,22-/m0/s1. The van der Waals surface area contributed by atoms with Crippen LogP contribution in [0.3, 0.4) is 0 Å². The number of rotatable bonds is 5. The molecule has 186 valence electrons. The van der Waals surface area contributed by atoms with E-state index in [1.54, 1.807) is 4.90 Å². The van der Waals surface area contributed by atoms with E-state index in [0.717, 1.165) is 10.6 Å². The van der Waals surface area contributed by atoms with Gasteiger partial charge < -0.3 is 14.2 Å². The van der Waals surface area contributed by atoms with Crippen LogP contribution >= 0.6 is 6.04 Å². The van der Waals surface area contributed by atoms with Crippen LogP contribution in [-0.4, -0.2) is 66.5 Å². The van der Waals surface area contributed by atoms with Gasteiger partial charge in [0.1, 0.15) is 18.2 Å². The monoisotopic (exact) mass is 514 g/mol. The first-order valence-electron chi connectivity index (χ1n) is 11.6. The summed E-state index contributed by atoms with van der Waals surface area (Å²) in [5, 5.41) is 2.19. The van der Waals surface area contributed by atoms with E-state index in [1.807, 2.05) is 57.2 Å². The van der Waals surface area contributed by atoms with Crippen molar-refractivity contribution >= 4 is 46.4 Å². The summed E-state index contributed by atoms with van der Waals surface area (Å²) >= 11 is 6.53. The first-order chi connectivity index (χ1) is 16.6. The van der Waals surface area contributed by atoms with E-state index in [-0.39, 0.29) is 12.3 Å². The van der Waals surface area contributed by atoms with E-state index >= 15 is 0 Å². The number of aliphatic imine (C=N–C) groups is 1. The maximum Gasteiger partial charge on any atom is 0.410 e. The fourth-order valence-electron chi connectivity index (χ4n) is 4.53. The van der Waals surface area contributed by atoms with Gasteiger partial charge in [-0.25, -0.2) is 14.6 Å². The smallest absolute Gasteiger partial charge is 0.410 e. The molecule has 1 fully saturated rings. The number of methoxy groups -OCH3 is 1. The third kappa shape index (κ3) is 5.29. The zero-order chi connectivity index (χ0) is 25.2. The highest BCUT2D eigenvalue weighted by Crippen LogP contribution is 2.53. The molecular weight excluding hydrogens is 483 g/mol. The molecular formula is C26H31N2O5PS. The first kappa shape index (κ1) is 25.4. The van der Waals surface area contributed by atoms with Gasteiger partial charge in [0.15, 0.2) is 6.04 Å². The second-order valence-corrected chi connectivity index (χ2v) is 14.5.